The fraction of sp³-hybridized carbons (Fsp3) is 0.500. The van der Waals surface area contributed by atoms with Crippen LogP contribution in [0.15, 0.2) is 24.3 Å². The maximum absolute atomic E-state index is 13.1. The van der Waals surface area contributed by atoms with Crippen molar-refractivity contribution in [3.05, 3.63) is 35.5 Å². The molecular weight excluding hydrogens is 357 g/mol. The second kappa shape index (κ2) is 7.02. The van der Waals surface area contributed by atoms with Crippen molar-refractivity contribution in [1.82, 2.24) is 9.47 Å². The zero-order chi connectivity index (χ0) is 19.9. The SMILES string of the molecule is Cc1c(C(=O)C(F)(F)F)c2ccccc2n1CC(=O)N1[C@H](C)CCC[C@H]1C. The van der Waals surface area contributed by atoms with E-state index in [1.807, 2.05) is 18.7 Å². The van der Waals surface area contributed by atoms with Crippen LogP contribution in [0.3, 0.4) is 0 Å². The van der Waals surface area contributed by atoms with Crippen molar-refractivity contribution < 1.29 is 22.8 Å². The van der Waals surface area contributed by atoms with Gasteiger partial charge in [-0.15, -0.1) is 0 Å². The summed E-state index contributed by atoms with van der Waals surface area (Å²) in [6.07, 6.45) is -2.07. The van der Waals surface area contributed by atoms with E-state index in [9.17, 15) is 22.8 Å². The van der Waals surface area contributed by atoms with Gasteiger partial charge in [-0.25, -0.2) is 0 Å². The number of hydrogen-bond donors (Lipinski definition) is 0. The minimum absolute atomic E-state index is 0.0772. The van der Waals surface area contributed by atoms with Crippen LogP contribution in [0.4, 0.5) is 13.2 Å². The van der Waals surface area contributed by atoms with Gasteiger partial charge in [0, 0.05) is 28.7 Å². The predicted octanol–water partition coefficient (Wildman–Crippen LogP) is 4.48. The number of carbonyl (C=O) groups excluding carboxylic acids is 2. The molecule has 2 atom stereocenters. The average Bonchev–Trinajstić information content (AvgIpc) is 2.85. The molecular formula is C20H23F3N2O2. The molecule has 0 bridgehead atoms. The molecule has 1 amide bonds. The summed E-state index contributed by atoms with van der Waals surface area (Å²) in [7, 11) is 0. The molecule has 27 heavy (non-hydrogen) atoms. The van der Waals surface area contributed by atoms with Crippen LogP contribution in [-0.4, -0.2) is 39.4 Å². The van der Waals surface area contributed by atoms with Crippen LogP contribution < -0.4 is 0 Å². The van der Waals surface area contributed by atoms with E-state index in [1.165, 1.54) is 17.6 Å². The summed E-state index contributed by atoms with van der Waals surface area (Å²) < 4.78 is 40.8. The molecule has 2 heterocycles. The maximum Gasteiger partial charge on any atom is 0.454 e. The third-order valence-corrected chi connectivity index (χ3v) is 5.49. The Hall–Kier alpha value is -2.31. The highest BCUT2D eigenvalue weighted by atomic mass is 19.4. The molecule has 4 nitrogen and oxygen atoms in total. The Kier molecular flexibility index (Phi) is 5.06. The van der Waals surface area contributed by atoms with Crippen LogP contribution in [0, 0.1) is 6.92 Å². The Labute approximate surface area is 155 Å². The van der Waals surface area contributed by atoms with Crippen molar-refractivity contribution in [2.75, 3.05) is 0 Å². The minimum atomic E-state index is -4.96. The first-order valence-corrected chi connectivity index (χ1v) is 9.13. The Balaban J connectivity index is 2.04. The highest BCUT2D eigenvalue weighted by Crippen LogP contribution is 2.32. The first-order chi connectivity index (χ1) is 12.6. The average molecular weight is 380 g/mol. The Morgan fingerprint density at radius 1 is 1.11 bits per heavy atom. The summed E-state index contributed by atoms with van der Waals surface area (Å²) in [6.45, 7) is 5.38. The number of nitrogens with zero attached hydrogens (tertiary/aromatic N) is 2. The van der Waals surface area contributed by atoms with E-state index in [0.29, 0.717) is 5.52 Å². The first kappa shape index (κ1) is 19.5. The molecule has 2 aromatic rings. The van der Waals surface area contributed by atoms with Crippen LogP contribution in [0.2, 0.25) is 0 Å². The molecule has 1 aliphatic rings. The van der Waals surface area contributed by atoms with Gasteiger partial charge in [0.1, 0.15) is 6.54 Å². The molecule has 0 unspecified atom stereocenters. The van der Waals surface area contributed by atoms with Crippen LogP contribution in [-0.2, 0) is 11.3 Å². The van der Waals surface area contributed by atoms with Crippen molar-refractivity contribution >= 4 is 22.6 Å². The van der Waals surface area contributed by atoms with Gasteiger partial charge in [0.15, 0.2) is 0 Å². The topological polar surface area (TPSA) is 42.3 Å². The number of aromatic nitrogens is 1. The van der Waals surface area contributed by atoms with Gasteiger partial charge in [0.2, 0.25) is 5.91 Å². The second-order valence-corrected chi connectivity index (χ2v) is 7.32. The number of halogens is 3. The van der Waals surface area contributed by atoms with Gasteiger partial charge in [0.05, 0.1) is 5.56 Å². The summed E-state index contributed by atoms with van der Waals surface area (Å²) in [6, 6.07) is 6.62. The lowest BCUT2D eigenvalue weighted by atomic mass is 9.97. The number of amides is 1. The molecule has 7 heteroatoms. The minimum Gasteiger partial charge on any atom is -0.336 e. The number of Topliss-reactive ketones (excluding diaryl/α,β-unsaturated/α-hetero) is 1. The molecule has 0 N–H and O–H groups in total. The number of alkyl halides is 3. The molecule has 0 spiro atoms. The lowest BCUT2D eigenvalue weighted by molar-refractivity contribution is -0.137. The van der Waals surface area contributed by atoms with Crippen molar-refractivity contribution in [3.63, 3.8) is 0 Å². The number of para-hydroxylation sites is 1. The second-order valence-electron chi connectivity index (χ2n) is 7.32. The molecule has 1 saturated heterocycles. The molecule has 1 aromatic heterocycles. The van der Waals surface area contributed by atoms with E-state index in [4.69, 9.17) is 0 Å². The number of fused-ring (bicyclic) bond motifs is 1. The van der Waals surface area contributed by atoms with E-state index >= 15 is 0 Å². The normalized spacial score (nSPS) is 20.9. The monoisotopic (exact) mass is 380 g/mol. The summed E-state index contributed by atoms with van der Waals surface area (Å²) in [5.74, 6) is -2.01. The van der Waals surface area contributed by atoms with Crippen molar-refractivity contribution in [2.24, 2.45) is 0 Å². The number of benzene rings is 1. The number of hydrogen-bond acceptors (Lipinski definition) is 2. The molecule has 1 aromatic carbocycles. The van der Waals surface area contributed by atoms with E-state index in [-0.39, 0.29) is 41.2 Å². The van der Waals surface area contributed by atoms with Crippen molar-refractivity contribution in [2.45, 2.75) is 64.8 Å². The van der Waals surface area contributed by atoms with Crippen LogP contribution in [0.25, 0.3) is 10.9 Å². The quantitative estimate of drug-likeness (QED) is 0.737. The highest BCUT2D eigenvalue weighted by molar-refractivity contribution is 6.12. The number of piperidine rings is 1. The Morgan fingerprint density at radius 2 is 1.70 bits per heavy atom. The van der Waals surface area contributed by atoms with Gasteiger partial charge in [-0.2, -0.15) is 13.2 Å². The van der Waals surface area contributed by atoms with Gasteiger partial charge < -0.3 is 9.47 Å². The van der Waals surface area contributed by atoms with Crippen molar-refractivity contribution in [3.8, 4) is 0 Å². The molecule has 146 valence electrons. The van der Waals surface area contributed by atoms with Crippen molar-refractivity contribution in [1.29, 1.82) is 0 Å². The van der Waals surface area contributed by atoms with E-state index in [0.717, 1.165) is 19.3 Å². The predicted molar refractivity (Wildman–Crippen MR) is 96.7 cm³/mol. The molecule has 1 aliphatic heterocycles. The third kappa shape index (κ3) is 3.47. The van der Waals surface area contributed by atoms with Crippen LogP contribution in [0.1, 0.15) is 49.2 Å². The van der Waals surface area contributed by atoms with Gasteiger partial charge >= 0.3 is 6.18 Å². The van der Waals surface area contributed by atoms with E-state index in [1.54, 1.807) is 18.2 Å². The molecule has 0 saturated carbocycles. The summed E-state index contributed by atoms with van der Waals surface area (Å²) in [5.41, 5.74) is 0.267. The first-order valence-electron chi connectivity index (χ1n) is 9.13. The number of ketones is 1. The standard InChI is InChI=1S/C20H23F3N2O2/c1-12-7-6-8-13(2)25(12)17(26)11-24-14(3)18(19(27)20(21,22)23)15-9-4-5-10-16(15)24/h4-5,9-10,12-13H,6-8,11H2,1-3H3/t12-,13-/m1/s1. The van der Waals surface area contributed by atoms with Crippen LogP contribution in [0.5, 0.6) is 0 Å². The fourth-order valence-corrected chi connectivity index (χ4v) is 4.19. The summed E-state index contributed by atoms with van der Waals surface area (Å²) in [4.78, 5) is 26.8. The van der Waals surface area contributed by atoms with Gasteiger partial charge in [-0.05, 0) is 46.1 Å². The number of carbonyl (C=O) groups is 2. The lowest BCUT2D eigenvalue weighted by Gasteiger charge is -2.39. The highest BCUT2D eigenvalue weighted by Gasteiger charge is 2.42. The molecule has 0 aliphatic carbocycles. The zero-order valence-electron chi connectivity index (χ0n) is 15.6. The van der Waals surface area contributed by atoms with Crippen LogP contribution >= 0.6 is 0 Å². The molecule has 3 rings (SSSR count). The lowest BCUT2D eigenvalue weighted by Crippen LogP contribution is -2.48. The third-order valence-electron chi connectivity index (χ3n) is 5.49. The Bertz CT molecular complexity index is 875. The number of rotatable bonds is 3. The molecule has 0 radical (unpaired) electrons. The van der Waals surface area contributed by atoms with Gasteiger partial charge in [-0.1, -0.05) is 18.2 Å². The zero-order valence-corrected chi connectivity index (χ0v) is 15.6. The van der Waals surface area contributed by atoms with Gasteiger partial charge in [0.25, 0.3) is 5.78 Å². The molecule has 1 fully saturated rings. The Morgan fingerprint density at radius 3 is 2.30 bits per heavy atom. The summed E-state index contributed by atoms with van der Waals surface area (Å²) in [5, 5.41) is 0.227. The summed E-state index contributed by atoms with van der Waals surface area (Å²) >= 11 is 0. The maximum atomic E-state index is 13.1. The smallest absolute Gasteiger partial charge is 0.336 e. The largest absolute Gasteiger partial charge is 0.454 e. The van der Waals surface area contributed by atoms with E-state index in [2.05, 4.69) is 0 Å². The van der Waals surface area contributed by atoms with Gasteiger partial charge in [-0.3, -0.25) is 9.59 Å². The number of likely N-dealkylation sites (tertiary alicyclic amines) is 1. The van der Waals surface area contributed by atoms with E-state index < -0.39 is 12.0 Å². The fourth-order valence-electron chi connectivity index (χ4n) is 4.19.